The smallest absolute Gasteiger partial charge is 0.134 e. The molecule has 2 heterocycles. The van der Waals surface area contributed by atoms with E-state index in [1.165, 1.54) is 0 Å². The number of aromatic nitrogens is 2. The van der Waals surface area contributed by atoms with Gasteiger partial charge in [-0.15, -0.1) is 0 Å². The second-order valence-corrected chi connectivity index (χ2v) is 4.62. The minimum Gasteiger partial charge on any atom is -0.459 e. The Kier molecular flexibility index (Phi) is 3.19. The van der Waals surface area contributed by atoms with Crippen LogP contribution < -0.4 is 5.32 Å². The average molecular weight is 274 g/mol. The lowest BCUT2D eigenvalue weighted by molar-refractivity contribution is 0.485. The second-order valence-electron chi connectivity index (χ2n) is 4.18. The number of furan rings is 1. The molecule has 0 spiro atoms. The summed E-state index contributed by atoms with van der Waals surface area (Å²) in [6.45, 7) is 0. The highest BCUT2D eigenvalue weighted by Gasteiger charge is 2.18. The molecule has 0 fully saturated rings. The molecular weight excluding hydrogens is 262 g/mol. The Morgan fingerprint density at radius 1 is 1.26 bits per heavy atom. The summed E-state index contributed by atoms with van der Waals surface area (Å²) in [6.07, 6.45) is 5.04. The molecule has 2 aromatic heterocycles. The van der Waals surface area contributed by atoms with Crippen molar-refractivity contribution in [3.05, 3.63) is 59.3 Å². The molecule has 0 aliphatic rings. The van der Waals surface area contributed by atoms with Crippen LogP contribution in [0.25, 0.3) is 11.0 Å². The van der Waals surface area contributed by atoms with Gasteiger partial charge in [-0.05, 0) is 31.3 Å². The highest BCUT2D eigenvalue weighted by atomic mass is 35.5. The lowest BCUT2D eigenvalue weighted by atomic mass is 10.1. The summed E-state index contributed by atoms with van der Waals surface area (Å²) in [4.78, 5) is 8.38. The van der Waals surface area contributed by atoms with Gasteiger partial charge in [0.1, 0.15) is 17.4 Å². The molecule has 3 rings (SSSR count). The van der Waals surface area contributed by atoms with Gasteiger partial charge in [0.15, 0.2) is 0 Å². The van der Waals surface area contributed by atoms with E-state index in [0.29, 0.717) is 5.02 Å². The van der Waals surface area contributed by atoms with E-state index in [-0.39, 0.29) is 6.04 Å². The van der Waals surface area contributed by atoms with Crippen molar-refractivity contribution in [2.24, 2.45) is 0 Å². The monoisotopic (exact) mass is 273 g/mol. The number of nitrogens with one attached hydrogen (secondary N) is 1. The molecule has 0 amide bonds. The molecular formula is C14H12ClN3O. The molecule has 4 nitrogen and oxygen atoms in total. The Labute approximate surface area is 115 Å². The summed E-state index contributed by atoms with van der Waals surface area (Å²) >= 11 is 5.98. The third-order valence-electron chi connectivity index (χ3n) is 2.95. The topological polar surface area (TPSA) is 51.0 Å². The molecule has 1 unspecified atom stereocenters. The van der Waals surface area contributed by atoms with Crippen LogP contribution in [-0.2, 0) is 0 Å². The van der Waals surface area contributed by atoms with Crippen molar-refractivity contribution in [2.45, 2.75) is 6.04 Å². The van der Waals surface area contributed by atoms with Gasteiger partial charge in [0.25, 0.3) is 0 Å². The number of hydrogen-bond acceptors (Lipinski definition) is 4. The second kappa shape index (κ2) is 4.99. The molecule has 96 valence electrons. The molecule has 5 heteroatoms. The maximum atomic E-state index is 5.98. The van der Waals surface area contributed by atoms with Crippen molar-refractivity contribution >= 4 is 22.6 Å². The molecule has 0 radical (unpaired) electrons. The molecule has 0 bridgehead atoms. The van der Waals surface area contributed by atoms with Crippen molar-refractivity contribution < 1.29 is 4.42 Å². The summed E-state index contributed by atoms with van der Waals surface area (Å²) < 4.78 is 5.84. The third-order valence-corrected chi connectivity index (χ3v) is 3.18. The molecule has 3 aromatic rings. The van der Waals surface area contributed by atoms with Crippen LogP contribution in [0, 0.1) is 0 Å². The molecule has 1 atom stereocenters. The molecule has 19 heavy (non-hydrogen) atoms. The molecule has 0 aliphatic heterocycles. The Balaban J connectivity index is 2.07. The zero-order valence-electron chi connectivity index (χ0n) is 10.3. The number of benzene rings is 1. The number of halogens is 1. The van der Waals surface area contributed by atoms with Crippen LogP contribution in [0.15, 0.2) is 47.3 Å². The Bertz CT molecular complexity index is 696. The minimum absolute atomic E-state index is 0.125. The molecule has 0 aliphatic carbocycles. The fourth-order valence-corrected chi connectivity index (χ4v) is 2.25. The highest BCUT2D eigenvalue weighted by Crippen LogP contribution is 2.28. The van der Waals surface area contributed by atoms with Gasteiger partial charge < -0.3 is 9.73 Å². The van der Waals surface area contributed by atoms with Gasteiger partial charge in [-0.3, -0.25) is 9.97 Å². The van der Waals surface area contributed by atoms with Crippen molar-refractivity contribution in [1.82, 2.24) is 15.3 Å². The summed E-state index contributed by atoms with van der Waals surface area (Å²) in [5.74, 6) is 0.792. The Morgan fingerprint density at radius 2 is 2.16 bits per heavy atom. The summed E-state index contributed by atoms with van der Waals surface area (Å²) in [5, 5.41) is 4.85. The van der Waals surface area contributed by atoms with Gasteiger partial charge in [0.2, 0.25) is 0 Å². The molecule has 0 saturated carbocycles. The van der Waals surface area contributed by atoms with Gasteiger partial charge in [0.05, 0.1) is 11.9 Å². The van der Waals surface area contributed by atoms with Gasteiger partial charge >= 0.3 is 0 Å². The first-order chi connectivity index (χ1) is 9.28. The standard InChI is InChI=1S/C14H12ClN3O/c1-16-14(11-8-17-4-5-18-11)13-7-9-6-10(15)2-3-12(9)19-13/h2-8,14,16H,1H3. The molecule has 1 aromatic carbocycles. The van der Waals surface area contributed by atoms with E-state index in [2.05, 4.69) is 15.3 Å². The van der Waals surface area contributed by atoms with Crippen LogP contribution in [-0.4, -0.2) is 17.0 Å². The van der Waals surface area contributed by atoms with E-state index in [1.54, 1.807) is 18.6 Å². The van der Waals surface area contributed by atoms with Crippen molar-refractivity contribution in [3.63, 3.8) is 0 Å². The van der Waals surface area contributed by atoms with Crippen LogP contribution in [0.2, 0.25) is 5.02 Å². The quantitative estimate of drug-likeness (QED) is 0.796. The van der Waals surface area contributed by atoms with Crippen molar-refractivity contribution in [3.8, 4) is 0 Å². The van der Waals surface area contributed by atoms with Crippen molar-refractivity contribution in [1.29, 1.82) is 0 Å². The van der Waals surface area contributed by atoms with E-state index in [4.69, 9.17) is 16.0 Å². The molecule has 0 saturated heterocycles. The first-order valence-electron chi connectivity index (χ1n) is 5.90. The van der Waals surface area contributed by atoms with Crippen LogP contribution in [0.5, 0.6) is 0 Å². The number of fused-ring (bicyclic) bond motifs is 1. The van der Waals surface area contributed by atoms with Crippen LogP contribution >= 0.6 is 11.6 Å². The maximum Gasteiger partial charge on any atom is 0.134 e. The average Bonchev–Trinajstić information content (AvgIpc) is 2.83. The number of nitrogens with zero attached hydrogens (tertiary/aromatic N) is 2. The van der Waals surface area contributed by atoms with Crippen LogP contribution in [0.3, 0.4) is 0 Å². The summed E-state index contributed by atoms with van der Waals surface area (Å²) in [7, 11) is 1.86. The predicted molar refractivity (Wildman–Crippen MR) is 74.2 cm³/mol. The van der Waals surface area contributed by atoms with E-state index < -0.39 is 0 Å². The first-order valence-corrected chi connectivity index (χ1v) is 6.28. The van der Waals surface area contributed by atoms with E-state index in [0.717, 1.165) is 22.4 Å². The zero-order valence-corrected chi connectivity index (χ0v) is 11.1. The van der Waals surface area contributed by atoms with Gasteiger partial charge in [-0.1, -0.05) is 11.6 Å². The number of rotatable bonds is 3. The normalized spacial score (nSPS) is 12.7. The number of hydrogen-bond donors (Lipinski definition) is 1. The minimum atomic E-state index is -0.125. The third kappa shape index (κ3) is 2.32. The maximum absolute atomic E-state index is 5.98. The molecule has 1 N–H and O–H groups in total. The van der Waals surface area contributed by atoms with Gasteiger partial charge in [-0.25, -0.2) is 0 Å². The SMILES string of the molecule is CNC(c1cnccn1)c1cc2cc(Cl)ccc2o1. The lowest BCUT2D eigenvalue weighted by Crippen LogP contribution is -2.18. The van der Waals surface area contributed by atoms with Crippen molar-refractivity contribution in [2.75, 3.05) is 7.05 Å². The summed E-state index contributed by atoms with van der Waals surface area (Å²) in [6, 6.07) is 7.41. The van der Waals surface area contributed by atoms with Gasteiger partial charge in [-0.2, -0.15) is 0 Å². The fourth-order valence-electron chi connectivity index (χ4n) is 2.07. The highest BCUT2D eigenvalue weighted by molar-refractivity contribution is 6.31. The van der Waals surface area contributed by atoms with Crippen LogP contribution in [0.1, 0.15) is 17.5 Å². The largest absolute Gasteiger partial charge is 0.459 e. The predicted octanol–water partition coefficient (Wildman–Crippen LogP) is 3.19. The zero-order chi connectivity index (χ0) is 13.2. The fraction of sp³-hybridized carbons (Fsp3) is 0.143. The lowest BCUT2D eigenvalue weighted by Gasteiger charge is -2.11. The van der Waals surface area contributed by atoms with E-state index in [9.17, 15) is 0 Å². The van der Waals surface area contributed by atoms with Gasteiger partial charge in [0, 0.05) is 22.8 Å². The first kappa shape index (κ1) is 12.1. The van der Waals surface area contributed by atoms with E-state index in [1.807, 2.05) is 31.3 Å². The Morgan fingerprint density at radius 3 is 2.89 bits per heavy atom. The van der Waals surface area contributed by atoms with Crippen LogP contribution in [0.4, 0.5) is 0 Å². The summed E-state index contributed by atoms with van der Waals surface area (Å²) in [5.41, 5.74) is 1.62. The Hall–Kier alpha value is -1.91. The van der Waals surface area contributed by atoms with E-state index >= 15 is 0 Å².